The number of carbonyl (C=O) groups excluding carboxylic acids is 1. The molecule has 1 amide bonds. The summed E-state index contributed by atoms with van der Waals surface area (Å²) in [6.45, 7) is 8.69. The molecule has 2 rings (SSSR count). The van der Waals surface area contributed by atoms with Crippen molar-refractivity contribution in [1.29, 1.82) is 0 Å². The summed E-state index contributed by atoms with van der Waals surface area (Å²) in [6, 6.07) is 9.44. The van der Waals surface area contributed by atoms with Crippen molar-refractivity contribution in [2.24, 2.45) is 11.8 Å². The summed E-state index contributed by atoms with van der Waals surface area (Å²) in [5, 5.41) is 12.2. The molecule has 0 radical (unpaired) electrons. The molecule has 1 aromatic rings. The first kappa shape index (κ1) is 33.3. The van der Waals surface area contributed by atoms with Crippen LogP contribution in [0.25, 0.3) is 0 Å². The predicted octanol–water partition coefficient (Wildman–Crippen LogP) is 4.54. The second kappa shape index (κ2) is 22.2. The molecular formula is C26H46NO7PS. The normalized spacial score (nSPS) is 18.8. The number of ether oxygens (including phenoxy) is 2. The van der Waals surface area contributed by atoms with E-state index in [9.17, 15) is 14.8 Å². The van der Waals surface area contributed by atoms with Gasteiger partial charge in [-0.25, -0.2) is 0 Å². The van der Waals surface area contributed by atoms with Crippen molar-refractivity contribution < 1.29 is 33.3 Å². The maximum atomic E-state index is 11.4. The Morgan fingerprint density at radius 1 is 1.11 bits per heavy atom. The summed E-state index contributed by atoms with van der Waals surface area (Å²) in [7, 11) is -2.10. The molecule has 0 aromatic heterocycles. The van der Waals surface area contributed by atoms with Crippen molar-refractivity contribution >= 4 is 26.3 Å². The highest BCUT2D eigenvalue weighted by Gasteiger charge is 2.18. The van der Waals surface area contributed by atoms with Gasteiger partial charge in [0.05, 0.1) is 33.0 Å². The van der Waals surface area contributed by atoms with Crippen molar-refractivity contribution in [3.05, 3.63) is 35.9 Å². The zero-order valence-electron chi connectivity index (χ0n) is 22.1. The van der Waals surface area contributed by atoms with E-state index in [1.165, 1.54) is 11.5 Å². The van der Waals surface area contributed by atoms with Gasteiger partial charge in [0.25, 0.3) is 0 Å². The molecule has 0 bridgehead atoms. The lowest BCUT2D eigenvalue weighted by atomic mass is 10.0. The number of unbranched alkanes of at least 4 members (excludes halogenated alkanes) is 1. The fourth-order valence-corrected chi connectivity index (χ4v) is 5.25. The average molecular weight is 548 g/mol. The molecule has 0 spiro atoms. The largest absolute Gasteiger partial charge is 0.394 e. The van der Waals surface area contributed by atoms with Gasteiger partial charge in [0.2, 0.25) is 5.91 Å². The van der Waals surface area contributed by atoms with Gasteiger partial charge in [-0.2, -0.15) is 11.8 Å². The van der Waals surface area contributed by atoms with E-state index in [0.29, 0.717) is 32.8 Å². The molecule has 1 aliphatic heterocycles. The topological polar surface area (TPSA) is 106 Å². The van der Waals surface area contributed by atoms with Gasteiger partial charge in [-0.3, -0.25) is 4.79 Å². The van der Waals surface area contributed by atoms with Gasteiger partial charge >= 0.3 is 8.60 Å². The molecule has 4 unspecified atom stereocenters. The Morgan fingerprint density at radius 2 is 1.81 bits per heavy atom. The molecule has 10 heteroatoms. The van der Waals surface area contributed by atoms with Crippen LogP contribution in [-0.4, -0.2) is 73.1 Å². The third kappa shape index (κ3) is 17.6. The van der Waals surface area contributed by atoms with Gasteiger partial charge in [0.1, 0.15) is 6.10 Å². The lowest BCUT2D eigenvalue weighted by Crippen LogP contribution is -2.25. The van der Waals surface area contributed by atoms with Gasteiger partial charge in [-0.15, -0.1) is 0 Å². The van der Waals surface area contributed by atoms with Gasteiger partial charge in [-0.05, 0) is 41.7 Å². The van der Waals surface area contributed by atoms with Crippen LogP contribution in [0, 0.1) is 11.8 Å². The summed E-state index contributed by atoms with van der Waals surface area (Å²) in [5.74, 6) is 4.82. The highest BCUT2D eigenvalue weighted by molar-refractivity contribution is 7.99. The van der Waals surface area contributed by atoms with Crippen LogP contribution in [0.1, 0.15) is 52.0 Å². The maximum Gasteiger partial charge on any atom is 0.330 e. The lowest BCUT2D eigenvalue weighted by Gasteiger charge is -2.18. The van der Waals surface area contributed by atoms with E-state index in [1.54, 1.807) is 0 Å². The molecule has 1 aromatic carbocycles. The third-order valence-corrected chi connectivity index (χ3v) is 7.93. The van der Waals surface area contributed by atoms with E-state index in [2.05, 4.69) is 37.8 Å². The molecule has 3 N–H and O–H groups in total. The van der Waals surface area contributed by atoms with E-state index in [4.69, 9.17) is 18.5 Å². The van der Waals surface area contributed by atoms with Crippen molar-refractivity contribution in [3.63, 3.8) is 0 Å². The molecule has 1 fully saturated rings. The number of aliphatic hydroxyl groups is 1. The van der Waals surface area contributed by atoms with Crippen LogP contribution in [0.3, 0.4) is 0 Å². The van der Waals surface area contributed by atoms with Crippen LogP contribution >= 0.6 is 20.4 Å². The Bertz CT molecular complexity index is 650. The number of aliphatic hydroxyl groups excluding tert-OH is 1. The fraction of sp³-hybridized carbons (Fsp3) is 0.731. The molecule has 1 aliphatic rings. The van der Waals surface area contributed by atoms with E-state index < -0.39 is 14.7 Å². The number of thioether (sulfide) groups is 1. The number of amides is 1. The van der Waals surface area contributed by atoms with Crippen LogP contribution < -0.4 is 5.32 Å². The number of nitrogens with one attached hydrogen (secondary N) is 1. The monoisotopic (exact) mass is 547 g/mol. The number of benzene rings is 1. The van der Waals surface area contributed by atoms with E-state index in [1.807, 2.05) is 30.3 Å². The molecule has 8 nitrogen and oxygen atoms in total. The Morgan fingerprint density at radius 3 is 2.42 bits per heavy atom. The van der Waals surface area contributed by atoms with Gasteiger partial charge in [0.15, 0.2) is 0 Å². The Balaban J connectivity index is 0.000000789. The molecule has 0 aliphatic carbocycles. The van der Waals surface area contributed by atoms with Crippen molar-refractivity contribution in [1.82, 2.24) is 5.32 Å². The summed E-state index contributed by atoms with van der Waals surface area (Å²) >= 11 is 2.09. The number of rotatable bonds is 18. The molecule has 0 saturated carbocycles. The number of hydrogen-bond acceptors (Lipinski definition) is 8. The molecular weight excluding hydrogens is 501 g/mol. The average Bonchev–Trinajstić information content (AvgIpc) is 3.27. The minimum Gasteiger partial charge on any atom is -0.394 e. The third-order valence-electron chi connectivity index (χ3n) is 5.58. The fourth-order valence-electron chi connectivity index (χ4n) is 3.01. The maximum absolute atomic E-state index is 11.4. The quantitative estimate of drug-likeness (QED) is 0.182. The van der Waals surface area contributed by atoms with Gasteiger partial charge < -0.3 is 33.8 Å². The first-order chi connectivity index (χ1) is 17.5. The van der Waals surface area contributed by atoms with E-state index >= 15 is 0 Å². The summed E-state index contributed by atoms with van der Waals surface area (Å²) in [6.07, 6.45) is 2.58. The molecule has 208 valence electrons. The minimum absolute atomic E-state index is 0.0850. The van der Waals surface area contributed by atoms with Gasteiger partial charge in [-0.1, -0.05) is 57.5 Å². The Hall–Kier alpha value is -0.770. The van der Waals surface area contributed by atoms with Crippen LogP contribution in [-0.2, 0) is 29.9 Å². The number of hydrogen-bond donors (Lipinski definition) is 3. The highest BCUT2D eigenvalue weighted by atomic mass is 32.2. The highest BCUT2D eigenvalue weighted by Crippen LogP contribution is 2.35. The minimum atomic E-state index is -2.10. The molecule has 4 atom stereocenters. The van der Waals surface area contributed by atoms with Crippen molar-refractivity contribution in [2.45, 2.75) is 59.2 Å². The zero-order chi connectivity index (χ0) is 26.4. The smallest absolute Gasteiger partial charge is 0.330 e. The SMILES string of the molecule is CC1CSCC1C.CCCCC(=O)NCCCOCCOCC(CO)OP(O)OCc1ccccc1. The van der Waals surface area contributed by atoms with Crippen LogP contribution in [0.5, 0.6) is 0 Å². The Kier molecular flexibility index (Phi) is 20.5. The second-order valence-electron chi connectivity index (χ2n) is 8.89. The van der Waals surface area contributed by atoms with E-state index in [-0.39, 0.29) is 25.7 Å². The Labute approximate surface area is 222 Å². The molecule has 1 heterocycles. The second-order valence-corrected chi connectivity index (χ2v) is 10.9. The zero-order valence-corrected chi connectivity index (χ0v) is 23.8. The van der Waals surface area contributed by atoms with Crippen molar-refractivity contribution in [3.8, 4) is 0 Å². The van der Waals surface area contributed by atoms with Crippen molar-refractivity contribution in [2.75, 3.05) is 51.1 Å². The first-order valence-electron chi connectivity index (χ1n) is 12.9. The van der Waals surface area contributed by atoms with Crippen LogP contribution in [0.15, 0.2) is 30.3 Å². The lowest BCUT2D eigenvalue weighted by molar-refractivity contribution is -0.121. The predicted molar refractivity (Wildman–Crippen MR) is 147 cm³/mol. The van der Waals surface area contributed by atoms with Crippen LogP contribution in [0.2, 0.25) is 0 Å². The van der Waals surface area contributed by atoms with Gasteiger partial charge in [0, 0.05) is 19.6 Å². The standard InChI is InChI=1S/C20H34NO7P.C6H12S/c1-2-3-10-20(23)21-11-7-12-25-13-14-26-17-19(15-22)28-29(24)27-16-18-8-5-4-6-9-18;1-5-3-7-4-6(5)2/h4-6,8-9,19,22,24H,2-3,7,10-17H2,1H3,(H,21,23);5-6H,3-4H2,1-2H3. The first-order valence-corrected chi connectivity index (χ1v) is 15.2. The summed E-state index contributed by atoms with van der Waals surface area (Å²) in [5.41, 5.74) is 0.923. The molecule has 36 heavy (non-hydrogen) atoms. The molecule has 1 saturated heterocycles. The number of carbonyl (C=O) groups is 1. The summed E-state index contributed by atoms with van der Waals surface area (Å²) < 4.78 is 21.4. The van der Waals surface area contributed by atoms with E-state index in [0.717, 1.165) is 36.7 Å². The van der Waals surface area contributed by atoms with Crippen LogP contribution in [0.4, 0.5) is 0 Å². The summed E-state index contributed by atoms with van der Waals surface area (Å²) in [4.78, 5) is 21.2.